The Balaban J connectivity index is 1.77. The number of likely N-dealkylation sites (N-methyl/N-ethyl adjacent to an activating group) is 1. The topological polar surface area (TPSA) is 115 Å². The standard InChI is InChI=1S/C30H42N4O6S/c1-6-32(7-2)17-18-34(29(38)40-30(3,4)5)20-19-33(28(37)39-21-22-11-9-8-10-12-22)16-15-23-13-14-24(35)25-26(23)41-27(36)31-25/h8-14,35H,6-7,15-21H2,1-5H3,(H,31,36). The number of aromatic nitrogens is 1. The van der Waals surface area contributed by atoms with Crippen LogP contribution in [0.25, 0.3) is 10.2 Å². The molecule has 224 valence electrons. The third-order valence-corrected chi connectivity index (χ3v) is 7.58. The van der Waals surface area contributed by atoms with Crippen molar-refractivity contribution in [3.8, 4) is 5.75 Å². The van der Waals surface area contributed by atoms with Crippen LogP contribution >= 0.6 is 11.3 Å². The maximum atomic E-state index is 13.3. The molecule has 3 rings (SSSR count). The van der Waals surface area contributed by atoms with Gasteiger partial charge in [0.2, 0.25) is 0 Å². The van der Waals surface area contributed by atoms with Crippen molar-refractivity contribution in [3.63, 3.8) is 0 Å². The van der Waals surface area contributed by atoms with Crippen molar-refractivity contribution in [2.24, 2.45) is 0 Å². The number of thiazole rings is 1. The van der Waals surface area contributed by atoms with Crippen LogP contribution in [0.2, 0.25) is 0 Å². The van der Waals surface area contributed by atoms with Crippen molar-refractivity contribution in [2.45, 2.75) is 53.2 Å². The molecule has 0 aliphatic heterocycles. The van der Waals surface area contributed by atoms with Gasteiger partial charge >= 0.3 is 17.1 Å². The van der Waals surface area contributed by atoms with Crippen LogP contribution in [0.15, 0.2) is 47.3 Å². The van der Waals surface area contributed by atoms with E-state index in [0.29, 0.717) is 29.7 Å². The smallest absolute Gasteiger partial charge is 0.410 e. The van der Waals surface area contributed by atoms with Gasteiger partial charge in [-0.3, -0.25) is 4.79 Å². The fourth-order valence-electron chi connectivity index (χ4n) is 4.29. The molecule has 0 unspecified atom stereocenters. The minimum absolute atomic E-state index is 0.00225. The van der Waals surface area contributed by atoms with E-state index in [-0.39, 0.29) is 36.9 Å². The summed E-state index contributed by atoms with van der Waals surface area (Å²) in [5.74, 6) is 0.00225. The van der Waals surface area contributed by atoms with Crippen molar-refractivity contribution >= 4 is 33.7 Å². The fraction of sp³-hybridized carbons (Fsp3) is 0.500. The van der Waals surface area contributed by atoms with Gasteiger partial charge in [0.05, 0.1) is 4.70 Å². The number of hydrogen-bond donors (Lipinski definition) is 2. The van der Waals surface area contributed by atoms with E-state index in [1.54, 1.807) is 15.9 Å². The number of phenolic OH excluding ortho intramolecular Hbond substituents is 1. The van der Waals surface area contributed by atoms with Gasteiger partial charge in [-0.2, -0.15) is 0 Å². The molecule has 2 aromatic carbocycles. The Morgan fingerprint density at radius 2 is 1.54 bits per heavy atom. The number of phenols is 1. The molecule has 11 heteroatoms. The number of fused-ring (bicyclic) bond motifs is 1. The van der Waals surface area contributed by atoms with Crippen LogP contribution in [0.1, 0.15) is 45.7 Å². The second kappa shape index (κ2) is 14.9. The van der Waals surface area contributed by atoms with Crippen LogP contribution in [-0.2, 0) is 22.5 Å². The van der Waals surface area contributed by atoms with Crippen molar-refractivity contribution in [2.75, 3.05) is 45.8 Å². The predicted octanol–water partition coefficient (Wildman–Crippen LogP) is 5.06. The van der Waals surface area contributed by atoms with Crippen LogP contribution in [0.4, 0.5) is 9.59 Å². The molecule has 2 amide bonds. The molecule has 1 heterocycles. The van der Waals surface area contributed by atoms with Gasteiger partial charge in [0.15, 0.2) is 0 Å². The number of H-pyrrole nitrogens is 1. The molecule has 0 fully saturated rings. The Morgan fingerprint density at radius 3 is 2.17 bits per heavy atom. The first-order valence-corrected chi connectivity index (χ1v) is 14.8. The van der Waals surface area contributed by atoms with E-state index in [9.17, 15) is 19.5 Å². The average molecular weight is 587 g/mol. The summed E-state index contributed by atoms with van der Waals surface area (Å²) in [6, 6.07) is 12.7. The van der Waals surface area contributed by atoms with Crippen LogP contribution in [0, 0.1) is 0 Å². The number of nitrogens with zero attached hydrogens (tertiary/aromatic N) is 3. The Kier molecular flexibility index (Phi) is 11.6. The Morgan fingerprint density at radius 1 is 0.902 bits per heavy atom. The monoisotopic (exact) mass is 586 g/mol. The molecule has 0 saturated heterocycles. The molecule has 0 bridgehead atoms. The molecule has 0 aliphatic rings. The van der Waals surface area contributed by atoms with E-state index in [1.165, 1.54) is 6.07 Å². The normalized spacial score (nSPS) is 11.6. The van der Waals surface area contributed by atoms with Gasteiger partial charge in [0.1, 0.15) is 23.5 Å². The van der Waals surface area contributed by atoms with Gasteiger partial charge in [0.25, 0.3) is 0 Å². The van der Waals surface area contributed by atoms with Crippen LogP contribution in [0.3, 0.4) is 0 Å². The Hall–Kier alpha value is -3.57. The molecule has 10 nitrogen and oxygen atoms in total. The summed E-state index contributed by atoms with van der Waals surface area (Å²) in [6.07, 6.45) is -0.504. The quantitative estimate of drug-likeness (QED) is 0.288. The SMILES string of the molecule is CCN(CC)CCN(CCN(CCc1ccc(O)c2[nH]c(=O)sc12)C(=O)OCc1ccccc1)C(=O)OC(C)(C)C. The summed E-state index contributed by atoms with van der Waals surface area (Å²) in [6.45, 7) is 13.4. The zero-order chi connectivity index (χ0) is 30.0. The predicted molar refractivity (Wildman–Crippen MR) is 162 cm³/mol. The number of amides is 2. The number of ether oxygens (including phenoxy) is 2. The molecular weight excluding hydrogens is 544 g/mol. The lowest BCUT2D eigenvalue weighted by Gasteiger charge is -2.31. The first kappa shape index (κ1) is 32.0. The maximum absolute atomic E-state index is 13.3. The van der Waals surface area contributed by atoms with E-state index in [4.69, 9.17) is 9.47 Å². The van der Waals surface area contributed by atoms with E-state index in [1.807, 2.05) is 51.1 Å². The highest BCUT2D eigenvalue weighted by molar-refractivity contribution is 7.16. The summed E-state index contributed by atoms with van der Waals surface area (Å²) >= 11 is 1.02. The fourth-order valence-corrected chi connectivity index (χ4v) is 5.19. The van der Waals surface area contributed by atoms with Gasteiger partial charge in [0, 0.05) is 32.7 Å². The van der Waals surface area contributed by atoms with E-state index >= 15 is 0 Å². The lowest BCUT2D eigenvalue weighted by atomic mass is 10.1. The average Bonchev–Trinajstić information content (AvgIpc) is 3.34. The molecular formula is C30H42N4O6S. The number of nitrogens with one attached hydrogen (secondary N) is 1. The number of benzene rings is 2. The molecule has 3 aromatic rings. The molecule has 1 aromatic heterocycles. The van der Waals surface area contributed by atoms with Crippen molar-refractivity contribution < 1.29 is 24.2 Å². The molecule has 0 atom stereocenters. The largest absolute Gasteiger partial charge is 0.506 e. The summed E-state index contributed by atoms with van der Waals surface area (Å²) < 4.78 is 12.0. The number of rotatable bonds is 13. The molecule has 0 radical (unpaired) electrons. The van der Waals surface area contributed by atoms with Gasteiger partial charge in [-0.15, -0.1) is 0 Å². The first-order chi connectivity index (χ1) is 19.5. The number of carbonyl (C=O) groups is 2. The number of aromatic hydroxyl groups is 1. The van der Waals surface area contributed by atoms with E-state index < -0.39 is 17.8 Å². The summed E-state index contributed by atoms with van der Waals surface area (Å²) in [5.41, 5.74) is 1.43. The van der Waals surface area contributed by atoms with E-state index in [2.05, 4.69) is 23.7 Å². The van der Waals surface area contributed by atoms with Crippen molar-refractivity contribution in [1.82, 2.24) is 19.7 Å². The van der Waals surface area contributed by atoms with Gasteiger partial charge in [-0.25, -0.2) is 9.59 Å². The van der Waals surface area contributed by atoms with Crippen LogP contribution in [0.5, 0.6) is 5.75 Å². The van der Waals surface area contributed by atoms with Gasteiger partial charge in [-0.05, 0) is 57.5 Å². The molecule has 0 aliphatic carbocycles. The van der Waals surface area contributed by atoms with Gasteiger partial charge < -0.3 is 34.3 Å². The first-order valence-electron chi connectivity index (χ1n) is 14.0. The molecule has 0 spiro atoms. The molecule has 2 N–H and O–H groups in total. The van der Waals surface area contributed by atoms with Crippen molar-refractivity contribution in [3.05, 3.63) is 63.3 Å². The third kappa shape index (κ3) is 9.79. The lowest BCUT2D eigenvalue weighted by Crippen LogP contribution is -2.46. The summed E-state index contributed by atoms with van der Waals surface area (Å²) in [4.78, 5) is 46.2. The number of carbonyl (C=O) groups excluding carboxylic acids is 2. The maximum Gasteiger partial charge on any atom is 0.410 e. The van der Waals surface area contributed by atoms with Crippen LogP contribution in [-0.4, -0.2) is 88.4 Å². The van der Waals surface area contributed by atoms with E-state index in [0.717, 1.165) is 35.6 Å². The molecule has 0 saturated carbocycles. The highest BCUT2D eigenvalue weighted by atomic mass is 32.1. The molecule has 41 heavy (non-hydrogen) atoms. The second-order valence-electron chi connectivity index (χ2n) is 10.7. The summed E-state index contributed by atoms with van der Waals surface area (Å²) in [5, 5.41) is 10.2. The highest BCUT2D eigenvalue weighted by Gasteiger charge is 2.25. The Bertz CT molecular complexity index is 1330. The number of hydrogen-bond acceptors (Lipinski definition) is 8. The zero-order valence-corrected chi connectivity index (χ0v) is 25.5. The van der Waals surface area contributed by atoms with Crippen molar-refractivity contribution in [1.29, 1.82) is 0 Å². The summed E-state index contributed by atoms with van der Waals surface area (Å²) in [7, 11) is 0. The van der Waals surface area contributed by atoms with Crippen LogP contribution < -0.4 is 4.87 Å². The second-order valence-corrected chi connectivity index (χ2v) is 11.7. The third-order valence-electron chi connectivity index (χ3n) is 6.63. The van der Waals surface area contributed by atoms with Gasteiger partial charge in [-0.1, -0.05) is 61.6 Å². The number of aromatic amines is 1. The zero-order valence-electron chi connectivity index (χ0n) is 24.6. The minimum atomic E-state index is -0.652. The highest BCUT2D eigenvalue weighted by Crippen LogP contribution is 2.28. The lowest BCUT2D eigenvalue weighted by molar-refractivity contribution is 0.0208. The Labute approximate surface area is 245 Å². The minimum Gasteiger partial charge on any atom is -0.506 e.